The second-order valence-corrected chi connectivity index (χ2v) is 6.78. The lowest BCUT2D eigenvalue weighted by atomic mass is 10.0. The van der Waals surface area contributed by atoms with Crippen LogP contribution >= 0.6 is 11.6 Å². The van der Waals surface area contributed by atoms with Gasteiger partial charge in [-0.25, -0.2) is 17.2 Å². The molecule has 2 rings (SSSR count). The molecule has 24 heavy (non-hydrogen) atoms. The molecule has 3 N–H and O–H groups in total. The fraction of sp³-hybridized carbons (Fsp3) is 0.167. The minimum Gasteiger partial charge on any atom is -0.396 e. The number of nitroso groups, excluding NO2 is 1. The number of allylic oxidation sites excluding steroid dienone is 2. The molecule has 1 aliphatic carbocycles. The summed E-state index contributed by atoms with van der Waals surface area (Å²) in [6, 6.07) is -0.916. The highest BCUT2D eigenvalue weighted by Crippen LogP contribution is 2.38. The Morgan fingerprint density at radius 1 is 1.29 bits per heavy atom. The lowest BCUT2D eigenvalue weighted by molar-refractivity contribution is 0.0214. The molecule has 0 aliphatic heterocycles. The maximum absolute atomic E-state index is 13.7. The molecule has 6 nitrogen and oxygen atoms in total. The number of nitrogens with one attached hydrogen (secondary N) is 1. The van der Waals surface area contributed by atoms with Crippen LogP contribution in [-0.2, 0) is 10.0 Å². The van der Waals surface area contributed by atoms with E-state index in [0.29, 0.717) is 0 Å². The van der Waals surface area contributed by atoms with Crippen LogP contribution in [0, 0.1) is 4.91 Å². The van der Waals surface area contributed by atoms with Gasteiger partial charge in [-0.3, -0.25) is 0 Å². The zero-order chi connectivity index (χ0) is 18.3. The predicted molar refractivity (Wildman–Crippen MR) is 78.8 cm³/mol. The molecule has 0 bridgehead atoms. The average Bonchev–Trinajstić information content (AvgIpc) is 2.45. The van der Waals surface area contributed by atoms with Crippen molar-refractivity contribution < 1.29 is 26.0 Å². The van der Waals surface area contributed by atoms with E-state index in [2.05, 4.69) is 5.18 Å². The van der Waals surface area contributed by atoms with E-state index in [0.717, 1.165) is 12.1 Å². The van der Waals surface area contributed by atoms with Gasteiger partial charge in [-0.1, -0.05) is 11.6 Å². The van der Waals surface area contributed by atoms with Gasteiger partial charge >= 0.3 is 0 Å². The maximum Gasteiger partial charge on any atom is 0.291 e. The first-order chi connectivity index (χ1) is 11.0. The summed E-state index contributed by atoms with van der Waals surface area (Å²) in [6.07, 6.45) is -0.127. The van der Waals surface area contributed by atoms with E-state index >= 15 is 0 Å². The van der Waals surface area contributed by atoms with Crippen LogP contribution in [0.1, 0.15) is 0 Å². The Balaban J connectivity index is 2.49. The number of nitrogen functional groups attached to an aromatic ring is 1. The SMILES string of the molecule is Nc1c(Cl)ccc(S(=O)(=O)NC2C(F)=CC(F)=CC2(F)F)c1N=O. The van der Waals surface area contributed by atoms with Crippen molar-refractivity contribution in [2.24, 2.45) is 5.18 Å². The Morgan fingerprint density at radius 3 is 2.46 bits per heavy atom. The highest BCUT2D eigenvalue weighted by molar-refractivity contribution is 7.89. The van der Waals surface area contributed by atoms with E-state index in [1.54, 1.807) is 0 Å². The minimum atomic E-state index is -4.86. The predicted octanol–water partition coefficient (Wildman–Crippen LogP) is 3.32. The maximum atomic E-state index is 13.7. The number of sulfonamides is 1. The van der Waals surface area contributed by atoms with Crippen molar-refractivity contribution in [2.75, 3.05) is 5.73 Å². The van der Waals surface area contributed by atoms with Gasteiger partial charge in [-0.05, 0) is 17.3 Å². The number of halogens is 5. The molecule has 12 heteroatoms. The van der Waals surface area contributed by atoms with Crippen molar-refractivity contribution in [3.63, 3.8) is 0 Å². The first-order valence-electron chi connectivity index (χ1n) is 6.06. The highest BCUT2D eigenvalue weighted by atomic mass is 35.5. The Hall–Kier alpha value is -1.98. The summed E-state index contributed by atoms with van der Waals surface area (Å²) in [6.45, 7) is 0. The second-order valence-electron chi connectivity index (χ2n) is 4.69. The summed E-state index contributed by atoms with van der Waals surface area (Å²) in [7, 11) is -4.86. The molecule has 1 aromatic carbocycles. The van der Waals surface area contributed by atoms with Crippen LogP contribution in [0.2, 0.25) is 5.02 Å². The first-order valence-corrected chi connectivity index (χ1v) is 7.92. The van der Waals surface area contributed by atoms with Crippen molar-refractivity contribution in [1.29, 1.82) is 0 Å². The normalized spacial score (nSPS) is 20.3. The van der Waals surface area contributed by atoms with Gasteiger partial charge in [-0.2, -0.15) is 13.5 Å². The number of benzene rings is 1. The Morgan fingerprint density at radius 2 is 1.92 bits per heavy atom. The first kappa shape index (κ1) is 18.4. The third-order valence-corrected chi connectivity index (χ3v) is 4.83. The second kappa shape index (κ2) is 6.15. The number of hydrogen-bond acceptors (Lipinski definition) is 5. The van der Waals surface area contributed by atoms with Crippen LogP contribution in [0.5, 0.6) is 0 Å². The van der Waals surface area contributed by atoms with E-state index in [1.165, 1.54) is 4.72 Å². The zero-order valence-corrected chi connectivity index (χ0v) is 13.0. The van der Waals surface area contributed by atoms with Crippen LogP contribution in [-0.4, -0.2) is 20.4 Å². The summed E-state index contributed by atoms with van der Waals surface area (Å²) in [5.74, 6) is -7.48. The van der Waals surface area contributed by atoms with Crippen LogP contribution in [0.25, 0.3) is 0 Å². The highest BCUT2D eigenvalue weighted by Gasteiger charge is 2.46. The fourth-order valence-electron chi connectivity index (χ4n) is 1.94. The summed E-state index contributed by atoms with van der Waals surface area (Å²) in [5.41, 5.74) is 4.10. The standard InChI is InChI=1S/C12H8ClF4N3O3S/c13-6-1-2-8(10(19-21)9(6)18)24(22,23)20-11-7(15)3-5(14)4-12(11,16)17/h1-4,11,20H,18H2. The van der Waals surface area contributed by atoms with Crippen molar-refractivity contribution in [2.45, 2.75) is 16.9 Å². The van der Waals surface area contributed by atoms with Gasteiger partial charge in [0.15, 0.2) is 5.69 Å². The smallest absolute Gasteiger partial charge is 0.291 e. The topological polar surface area (TPSA) is 102 Å². The van der Waals surface area contributed by atoms with Gasteiger partial charge in [0.2, 0.25) is 10.0 Å². The number of anilines is 1. The molecule has 0 fully saturated rings. The van der Waals surface area contributed by atoms with Gasteiger partial charge in [0, 0.05) is 12.2 Å². The Labute approximate surface area is 138 Å². The van der Waals surface area contributed by atoms with E-state index in [-0.39, 0.29) is 17.2 Å². The molecular weight excluding hydrogens is 378 g/mol. The van der Waals surface area contributed by atoms with Crippen LogP contribution in [0.4, 0.5) is 28.9 Å². The molecule has 0 radical (unpaired) electrons. The third kappa shape index (κ3) is 3.28. The molecule has 0 amide bonds. The lowest BCUT2D eigenvalue weighted by Crippen LogP contribution is -2.48. The van der Waals surface area contributed by atoms with Gasteiger partial charge < -0.3 is 5.73 Å². The molecule has 1 unspecified atom stereocenters. The minimum absolute atomic E-state index is 0.111. The number of hydrogen-bond donors (Lipinski definition) is 2. The van der Waals surface area contributed by atoms with Crippen LogP contribution in [0.15, 0.2) is 46.0 Å². The summed E-state index contributed by atoms with van der Waals surface area (Å²) in [5, 5.41) is 2.22. The number of alkyl halides is 2. The molecular formula is C12H8ClF4N3O3S. The summed E-state index contributed by atoms with van der Waals surface area (Å²) < 4.78 is 79.6. The number of nitrogens with two attached hydrogens (primary N) is 1. The molecule has 0 saturated heterocycles. The van der Waals surface area contributed by atoms with Crippen molar-refractivity contribution in [1.82, 2.24) is 4.72 Å². The van der Waals surface area contributed by atoms with E-state index in [9.17, 15) is 30.9 Å². The Kier molecular flexibility index (Phi) is 4.70. The average molecular weight is 386 g/mol. The fourth-order valence-corrected chi connectivity index (χ4v) is 3.44. The van der Waals surface area contributed by atoms with E-state index in [4.69, 9.17) is 17.3 Å². The quantitative estimate of drug-likeness (QED) is 0.471. The summed E-state index contributed by atoms with van der Waals surface area (Å²) in [4.78, 5) is 9.92. The van der Waals surface area contributed by atoms with Crippen molar-refractivity contribution in [3.8, 4) is 0 Å². The van der Waals surface area contributed by atoms with Crippen molar-refractivity contribution in [3.05, 3.63) is 45.9 Å². The molecule has 0 heterocycles. The molecule has 1 aromatic rings. The lowest BCUT2D eigenvalue weighted by Gasteiger charge is -2.26. The van der Waals surface area contributed by atoms with Gasteiger partial charge in [-0.15, -0.1) is 4.91 Å². The van der Waals surface area contributed by atoms with Gasteiger partial charge in [0.1, 0.15) is 22.6 Å². The Bertz CT molecular complexity index is 871. The van der Waals surface area contributed by atoms with Crippen LogP contribution < -0.4 is 10.5 Å². The zero-order valence-electron chi connectivity index (χ0n) is 11.4. The van der Waals surface area contributed by atoms with E-state index in [1.807, 2.05) is 0 Å². The molecule has 0 saturated carbocycles. The molecule has 0 aromatic heterocycles. The van der Waals surface area contributed by atoms with Crippen molar-refractivity contribution >= 4 is 33.0 Å². The molecule has 1 aliphatic rings. The van der Waals surface area contributed by atoms with E-state index < -0.39 is 49.9 Å². The van der Waals surface area contributed by atoms with Crippen LogP contribution in [0.3, 0.4) is 0 Å². The molecule has 1 atom stereocenters. The number of nitrogens with zero attached hydrogens (tertiary/aromatic N) is 1. The van der Waals surface area contributed by atoms with Gasteiger partial charge in [0.05, 0.1) is 10.7 Å². The molecule has 0 spiro atoms. The van der Waals surface area contributed by atoms with Gasteiger partial charge in [0.25, 0.3) is 5.92 Å². The monoisotopic (exact) mass is 385 g/mol. The largest absolute Gasteiger partial charge is 0.396 e. The molecule has 130 valence electrons. The summed E-state index contributed by atoms with van der Waals surface area (Å²) >= 11 is 5.61. The number of rotatable bonds is 4. The third-order valence-electron chi connectivity index (χ3n) is 3.05.